The average Bonchev–Trinajstić information content (AvgIpc) is 2.44. The fourth-order valence-corrected chi connectivity index (χ4v) is 2.03. The Hall–Kier alpha value is -2.57. The molecule has 1 aromatic carbocycles. The molecule has 0 aliphatic carbocycles. The molecule has 25 heavy (non-hydrogen) atoms. The minimum absolute atomic E-state index is 0.322. The standard InChI is InChI=1S/C18H26N2O5/c1-11-8-7-9-12(2)15(11)24-10-14(21)25-13(3)16(22)19-17(23)20-18(4,5)6/h7-9,13H,10H2,1-6H3,(H2,19,20,22,23)/t13-/m0/s1. The zero-order valence-electron chi connectivity index (χ0n) is 15.6. The van der Waals surface area contributed by atoms with Crippen LogP contribution in [0.15, 0.2) is 18.2 Å². The van der Waals surface area contributed by atoms with E-state index in [9.17, 15) is 14.4 Å². The molecular weight excluding hydrogens is 324 g/mol. The molecule has 0 aromatic heterocycles. The summed E-state index contributed by atoms with van der Waals surface area (Å²) < 4.78 is 10.5. The van der Waals surface area contributed by atoms with Crippen molar-refractivity contribution >= 4 is 17.9 Å². The first-order valence-corrected chi connectivity index (χ1v) is 8.01. The lowest BCUT2D eigenvalue weighted by Crippen LogP contribution is -2.50. The smallest absolute Gasteiger partial charge is 0.344 e. The second-order valence-corrected chi connectivity index (χ2v) is 6.84. The summed E-state index contributed by atoms with van der Waals surface area (Å²) in [7, 11) is 0. The third-order valence-electron chi connectivity index (χ3n) is 3.15. The summed E-state index contributed by atoms with van der Waals surface area (Å²) in [4.78, 5) is 35.3. The zero-order chi connectivity index (χ0) is 19.2. The molecule has 0 heterocycles. The molecule has 0 saturated heterocycles. The van der Waals surface area contributed by atoms with Crippen LogP contribution in [0.1, 0.15) is 38.8 Å². The largest absolute Gasteiger partial charge is 0.481 e. The number of nitrogens with one attached hydrogen (secondary N) is 2. The first-order chi connectivity index (χ1) is 11.5. The number of hydrogen-bond donors (Lipinski definition) is 2. The van der Waals surface area contributed by atoms with E-state index in [0.717, 1.165) is 11.1 Å². The predicted molar refractivity (Wildman–Crippen MR) is 93.4 cm³/mol. The molecule has 7 nitrogen and oxygen atoms in total. The van der Waals surface area contributed by atoms with Crippen LogP contribution in [0, 0.1) is 13.8 Å². The van der Waals surface area contributed by atoms with Crippen molar-refractivity contribution < 1.29 is 23.9 Å². The molecule has 1 aromatic rings. The van der Waals surface area contributed by atoms with Crippen molar-refractivity contribution in [1.29, 1.82) is 0 Å². The normalized spacial score (nSPS) is 12.1. The van der Waals surface area contributed by atoms with Crippen molar-refractivity contribution in [3.63, 3.8) is 0 Å². The van der Waals surface area contributed by atoms with Gasteiger partial charge >= 0.3 is 12.0 Å². The van der Waals surface area contributed by atoms with E-state index >= 15 is 0 Å². The second-order valence-electron chi connectivity index (χ2n) is 6.84. The van der Waals surface area contributed by atoms with Crippen molar-refractivity contribution in [2.24, 2.45) is 0 Å². The molecule has 0 saturated carbocycles. The topological polar surface area (TPSA) is 93.7 Å². The van der Waals surface area contributed by atoms with Gasteiger partial charge in [-0.25, -0.2) is 9.59 Å². The summed E-state index contributed by atoms with van der Waals surface area (Å²) in [6.45, 7) is 10.2. The van der Waals surface area contributed by atoms with Crippen LogP contribution in [0.4, 0.5) is 4.79 Å². The van der Waals surface area contributed by atoms with Gasteiger partial charge in [-0.15, -0.1) is 0 Å². The van der Waals surface area contributed by atoms with Crippen LogP contribution in [0.25, 0.3) is 0 Å². The maximum absolute atomic E-state index is 11.9. The van der Waals surface area contributed by atoms with Gasteiger partial charge in [-0.05, 0) is 52.7 Å². The molecule has 0 spiro atoms. The number of hydrogen-bond acceptors (Lipinski definition) is 5. The van der Waals surface area contributed by atoms with Gasteiger partial charge in [0.05, 0.1) is 0 Å². The van der Waals surface area contributed by atoms with Crippen LogP contribution in [-0.4, -0.2) is 36.2 Å². The third-order valence-corrected chi connectivity index (χ3v) is 3.15. The van der Waals surface area contributed by atoms with Gasteiger partial charge in [-0.3, -0.25) is 10.1 Å². The highest BCUT2D eigenvalue weighted by atomic mass is 16.6. The fraction of sp³-hybridized carbons (Fsp3) is 0.500. The average molecular weight is 350 g/mol. The SMILES string of the molecule is Cc1cccc(C)c1OCC(=O)O[C@@H](C)C(=O)NC(=O)NC(C)(C)C. The van der Waals surface area contributed by atoms with E-state index in [-0.39, 0.29) is 6.61 Å². The van der Waals surface area contributed by atoms with Crippen molar-refractivity contribution in [2.75, 3.05) is 6.61 Å². The monoisotopic (exact) mass is 350 g/mol. The number of urea groups is 1. The minimum atomic E-state index is -1.11. The first-order valence-electron chi connectivity index (χ1n) is 8.01. The number of para-hydroxylation sites is 1. The summed E-state index contributed by atoms with van der Waals surface area (Å²) >= 11 is 0. The van der Waals surface area contributed by atoms with Gasteiger partial charge in [0.2, 0.25) is 0 Å². The van der Waals surface area contributed by atoms with E-state index in [0.29, 0.717) is 5.75 Å². The Morgan fingerprint density at radius 1 is 1.12 bits per heavy atom. The number of aryl methyl sites for hydroxylation is 2. The maximum Gasteiger partial charge on any atom is 0.344 e. The number of esters is 1. The number of amides is 3. The molecule has 0 radical (unpaired) electrons. The fourth-order valence-electron chi connectivity index (χ4n) is 2.03. The quantitative estimate of drug-likeness (QED) is 0.794. The lowest BCUT2D eigenvalue weighted by Gasteiger charge is -2.21. The van der Waals surface area contributed by atoms with Crippen LogP contribution < -0.4 is 15.4 Å². The van der Waals surface area contributed by atoms with Gasteiger partial charge in [0.25, 0.3) is 5.91 Å². The van der Waals surface area contributed by atoms with Crippen LogP contribution in [-0.2, 0) is 14.3 Å². The van der Waals surface area contributed by atoms with Crippen LogP contribution >= 0.6 is 0 Å². The van der Waals surface area contributed by atoms with Gasteiger partial charge in [0, 0.05) is 5.54 Å². The Morgan fingerprint density at radius 3 is 2.20 bits per heavy atom. The highest BCUT2D eigenvalue weighted by Crippen LogP contribution is 2.22. The number of rotatable bonds is 5. The summed E-state index contributed by atoms with van der Waals surface area (Å²) in [6.07, 6.45) is -1.11. The van der Waals surface area contributed by atoms with Crippen molar-refractivity contribution in [2.45, 2.75) is 53.2 Å². The first kappa shape index (κ1) is 20.5. The van der Waals surface area contributed by atoms with E-state index in [1.165, 1.54) is 6.92 Å². The molecule has 3 amide bonds. The van der Waals surface area contributed by atoms with E-state index in [1.54, 1.807) is 20.8 Å². The lowest BCUT2D eigenvalue weighted by molar-refractivity contribution is -0.156. The van der Waals surface area contributed by atoms with Crippen LogP contribution in [0.3, 0.4) is 0 Å². The molecular formula is C18H26N2O5. The second kappa shape index (κ2) is 8.50. The Morgan fingerprint density at radius 2 is 1.68 bits per heavy atom. The van der Waals surface area contributed by atoms with E-state index in [2.05, 4.69) is 10.6 Å². The maximum atomic E-state index is 11.9. The Balaban J connectivity index is 2.48. The van der Waals surface area contributed by atoms with E-state index in [1.807, 2.05) is 32.0 Å². The molecule has 2 N–H and O–H groups in total. The number of imide groups is 1. The van der Waals surface area contributed by atoms with Gasteiger partial charge in [0.1, 0.15) is 5.75 Å². The Bertz CT molecular complexity index is 629. The van der Waals surface area contributed by atoms with Crippen molar-refractivity contribution in [3.05, 3.63) is 29.3 Å². The zero-order valence-corrected chi connectivity index (χ0v) is 15.6. The molecule has 7 heteroatoms. The molecule has 1 atom stereocenters. The van der Waals surface area contributed by atoms with Gasteiger partial charge in [-0.2, -0.15) is 0 Å². The highest BCUT2D eigenvalue weighted by Gasteiger charge is 2.22. The predicted octanol–water partition coefficient (Wildman–Crippen LogP) is 2.24. The minimum Gasteiger partial charge on any atom is -0.481 e. The summed E-state index contributed by atoms with van der Waals surface area (Å²) in [5.74, 6) is -0.787. The van der Waals surface area contributed by atoms with Crippen molar-refractivity contribution in [3.8, 4) is 5.75 Å². The summed E-state index contributed by atoms with van der Waals surface area (Å²) in [5.41, 5.74) is 1.32. The lowest BCUT2D eigenvalue weighted by atomic mass is 10.1. The third kappa shape index (κ3) is 7.24. The summed E-state index contributed by atoms with van der Waals surface area (Å²) in [6, 6.07) is 4.99. The van der Waals surface area contributed by atoms with Crippen LogP contribution in [0.5, 0.6) is 5.75 Å². The highest BCUT2D eigenvalue weighted by molar-refractivity contribution is 5.97. The van der Waals surface area contributed by atoms with Gasteiger partial charge < -0.3 is 14.8 Å². The number of benzene rings is 1. The van der Waals surface area contributed by atoms with E-state index < -0.39 is 29.6 Å². The number of ether oxygens (including phenoxy) is 2. The number of carbonyl (C=O) groups is 3. The Kier molecular flexibility index (Phi) is 6.97. The molecule has 0 fully saturated rings. The molecule has 0 aliphatic heterocycles. The van der Waals surface area contributed by atoms with Crippen molar-refractivity contribution in [1.82, 2.24) is 10.6 Å². The van der Waals surface area contributed by atoms with Crippen LogP contribution in [0.2, 0.25) is 0 Å². The van der Waals surface area contributed by atoms with Gasteiger partial charge in [-0.1, -0.05) is 18.2 Å². The van der Waals surface area contributed by atoms with E-state index in [4.69, 9.17) is 9.47 Å². The molecule has 138 valence electrons. The summed E-state index contributed by atoms with van der Waals surface area (Å²) in [5, 5.41) is 4.71. The Labute approximate surface area is 148 Å². The molecule has 0 bridgehead atoms. The molecule has 1 rings (SSSR count). The molecule has 0 aliphatic rings. The number of carbonyl (C=O) groups excluding carboxylic acids is 3. The van der Waals surface area contributed by atoms with Gasteiger partial charge in [0.15, 0.2) is 12.7 Å². The molecule has 0 unspecified atom stereocenters.